The smallest absolute Gasteiger partial charge is 0.346 e. The highest BCUT2D eigenvalue weighted by atomic mass is 79.9. The molecule has 21 heavy (non-hydrogen) atoms. The van der Waals surface area contributed by atoms with Crippen molar-refractivity contribution in [2.45, 2.75) is 12.7 Å². The van der Waals surface area contributed by atoms with E-state index >= 15 is 0 Å². The molecule has 0 atom stereocenters. The number of hydrogen-bond acceptors (Lipinski definition) is 2. The molecule has 1 N–H and O–H groups in total. The van der Waals surface area contributed by atoms with Crippen LogP contribution in [0, 0.1) is 0 Å². The Balaban J connectivity index is 2.13. The molecule has 0 spiro atoms. The minimum Gasteiger partial charge on any atom is -0.346 e. The summed E-state index contributed by atoms with van der Waals surface area (Å²) in [6.45, 7) is 0.150. The van der Waals surface area contributed by atoms with Crippen molar-refractivity contribution in [2.75, 3.05) is 0 Å². The van der Waals surface area contributed by atoms with Crippen LogP contribution < -0.4 is 5.32 Å². The van der Waals surface area contributed by atoms with Gasteiger partial charge in [0.2, 0.25) is 0 Å². The van der Waals surface area contributed by atoms with Crippen LogP contribution >= 0.6 is 15.9 Å². The van der Waals surface area contributed by atoms with E-state index in [-0.39, 0.29) is 16.6 Å². The van der Waals surface area contributed by atoms with Crippen molar-refractivity contribution in [1.82, 2.24) is 10.3 Å². The molecule has 2 aromatic rings. The van der Waals surface area contributed by atoms with Crippen LogP contribution in [0.4, 0.5) is 13.2 Å². The maximum absolute atomic E-state index is 12.8. The predicted molar refractivity (Wildman–Crippen MR) is 74.6 cm³/mol. The first kappa shape index (κ1) is 15.5. The number of rotatable bonds is 3. The monoisotopic (exact) mass is 358 g/mol. The molecule has 0 saturated heterocycles. The Labute approximate surface area is 127 Å². The third-order valence-electron chi connectivity index (χ3n) is 2.69. The first-order chi connectivity index (χ1) is 9.88. The zero-order valence-electron chi connectivity index (χ0n) is 10.6. The number of carbonyl (C=O) groups excluding carboxylic acids is 1. The first-order valence-corrected chi connectivity index (χ1v) is 6.72. The fraction of sp³-hybridized carbons (Fsp3) is 0.143. The van der Waals surface area contributed by atoms with Gasteiger partial charge in [-0.3, -0.25) is 9.78 Å². The highest BCUT2D eigenvalue weighted by Gasteiger charge is 2.33. The molecule has 1 aromatic carbocycles. The number of carbonyl (C=O) groups is 1. The van der Waals surface area contributed by atoms with Gasteiger partial charge < -0.3 is 5.32 Å². The van der Waals surface area contributed by atoms with Gasteiger partial charge in [-0.15, -0.1) is 0 Å². The maximum Gasteiger partial charge on any atom is 0.417 e. The fourth-order valence-corrected chi connectivity index (χ4v) is 2.13. The van der Waals surface area contributed by atoms with Gasteiger partial charge in [0.15, 0.2) is 0 Å². The molecular formula is C14H10BrF3N2O. The van der Waals surface area contributed by atoms with E-state index in [1.54, 1.807) is 24.4 Å². The van der Waals surface area contributed by atoms with Gasteiger partial charge in [-0.05, 0) is 30.3 Å². The number of hydrogen-bond donors (Lipinski definition) is 1. The van der Waals surface area contributed by atoms with Crippen molar-refractivity contribution in [1.29, 1.82) is 0 Å². The van der Waals surface area contributed by atoms with Gasteiger partial charge in [-0.2, -0.15) is 13.2 Å². The van der Waals surface area contributed by atoms with E-state index in [0.29, 0.717) is 5.69 Å². The number of aromatic nitrogens is 1. The molecule has 0 saturated carbocycles. The molecule has 1 heterocycles. The van der Waals surface area contributed by atoms with Gasteiger partial charge in [0.1, 0.15) is 0 Å². The molecular weight excluding hydrogens is 349 g/mol. The quantitative estimate of drug-likeness (QED) is 0.906. The highest BCUT2D eigenvalue weighted by Crippen LogP contribution is 2.35. The summed E-state index contributed by atoms with van der Waals surface area (Å²) in [5.74, 6) is -0.585. The lowest BCUT2D eigenvalue weighted by molar-refractivity contribution is -0.138. The number of amides is 1. The summed E-state index contributed by atoms with van der Waals surface area (Å²) in [6, 6.07) is 8.55. The summed E-state index contributed by atoms with van der Waals surface area (Å²) in [5.41, 5.74) is -0.312. The molecule has 1 aromatic heterocycles. The predicted octanol–water partition coefficient (Wildman–Crippen LogP) is 3.79. The summed E-state index contributed by atoms with van der Waals surface area (Å²) in [7, 11) is 0. The summed E-state index contributed by atoms with van der Waals surface area (Å²) in [4.78, 5) is 15.9. The number of halogens is 4. The molecule has 0 aliphatic heterocycles. The summed E-state index contributed by atoms with van der Waals surface area (Å²) >= 11 is 2.83. The molecule has 0 aliphatic carbocycles. The van der Waals surface area contributed by atoms with Gasteiger partial charge in [-0.25, -0.2) is 0 Å². The van der Waals surface area contributed by atoms with Crippen molar-refractivity contribution in [3.8, 4) is 0 Å². The highest BCUT2D eigenvalue weighted by molar-refractivity contribution is 9.10. The largest absolute Gasteiger partial charge is 0.417 e. The van der Waals surface area contributed by atoms with Crippen molar-refractivity contribution < 1.29 is 18.0 Å². The second-order valence-corrected chi connectivity index (χ2v) is 5.05. The number of nitrogens with zero attached hydrogens (tertiary/aromatic N) is 1. The lowest BCUT2D eigenvalue weighted by atomic mass is 10.1. The summed E-state index contributed by atoms with van der Waals surface area (Å²) in [6.07, 6.45) is -2.95. The molecule has 0 aliphatic rings. The second kappa shape index (κ2) is 6.26. The lowest BCUT2D eigenvalue weighted by Gasteiger charge is -2.11. The average Bonchev–Trinajstić information content (AvgIpc) is 2.45. The van der Waals surface area contributed by atoms with Gasteiger partial charge in [-0.1, -0.05) is 22.0 Å². The standard InChI is InChI=1S/C14H10BrF3N2O/c15-12-5-4-9(7-11(12)14(16,17)18)13(21)20-8-10-3-1-2-6-19-10/h1-7H,8H2,(H,20,21). The van der Waals surface area contributed by atoms with E-state index in [2.05, 4.69) is 26.2 Å². The third-order valence-corrected chi connectivity index (χ3v) is 3.38. The Kier molecular flexibility index (Phi) is 4.62. The van der Waals surface area contributed by atoms with Crippen molar-refractivity contribution >= 4 is 21.8 Å². The van der Waals surface area contributed by atoms with E-state index in [0.717, 1.165) is 6.07 Å². The Hall–Kier alpha value is -1.89. The summed E-state index contributed by atoms with van der Waals surface area (Å²) in [5, 5.41) is 2.53. The Bertz CT molecular complexity index is 644. The molecule has 0 bridgehead atoms. The topological polar surface area (TPSA) is 42.0 Å². The third kappa shape index (κ3) is 4.04. The van der Waals surface area contributed by atoms with Crippen LogP contribution in [0.25, 0.3) is 0 Å². The van der Waals surface area contributed by atoms with Crippen LogP contribution in [0.1, 0.15) is 21.6 Å². The Morgan fingerprint density at radius 3 is 2.62 bits per heavy atom. The van der Waals surface area contributed by atoms with Crippen LogP contribution in [0.2, 0.25) is 0 Å². The number of nitrogens with one attached hydrogen (secondary N) is 1. The Morgan fingerprint density at radius 1 is 1.24 bits per heavy atom. The number of pyridine rings is 1. The van der Waals surface area contributed by atoms with Crippen molar-refractivity contribution in [3.63, 3.8) is 0 Å². The van der Waals surface area contributed by atoms with Crippen molar-refractivity contribution in [2.24, 2.45) is 0 Å². The fourth-order valence-electron chi connectivity index (χ4n) is 1.66. The van der Waals surface area contributed by atoms with Gasteiger partial charge in [0, 0.05) is 16.2 Å². The normalized spacial score (nSPS) is 11.2. The molecule has 2 rings (SSSR count). The summed E-state index contributed by atoms with van der Waals surface area (Å²) < 4.78 is 38.2. The molecule has 0 unspecified atom stereocenters. The van der Waals surface area contributed by atoms with Crippen LogP contribution in [0.15, 0.2) is 47.1 Å². The van der Waals surface area contributed by atoms with Crippen LogP contribution in [0.5, 0.6) is 0 Å². The van der Waals surface area contributed by atoms with E-state index < -0.39 is 17.6 Å². The molecule has 0 radical (unpaired) electrons. The Morgan fingerprint density at radius 2 is 2.00 bits per heavy atom. The van der Waals surface area contributed by atoms with E-state index in [9.17, 15) is 18.0 Å². The molecule has 7 heteroatoms. The van der Waals surface area contributed by atoms with Gasteiger partial charge in [0.25, 0.3) is 5.91 Å². The van der Waals surface area contributed by atoms with E-state index in [1.165, 1.54) is 12.1 Å². The van der Waals surface area contributed by atoms with Crippen LogP contribution in [-0.2, 0) is 12.7 Å². The molecule has 110 valence electrons. The minimum atomic E-state index is -4.52. The van der Waals surface area contributed by atoms with Crippen LogP contribution in [-0.4, -0.2) is 10.9 Å². The maximum atomic E-state index is 12.8. The second-order valence-electron chi connectivity index (χ2n) is 4.20. The minimum absolute atomic E-state index is 0.0542. The van der Waals surface area contributed by atoms with Gasteiger partial charge >= 0.3 is 6.18 Å². The zero-order chi connectivity index (χ0) is 15.5. The lowest BCUT2D eigenvalue weighted by Crippen LogP contribution is -2.23. The average molecular weight is 359 g/mol. The van der Waals surface area contributed by atoms with E-state index in [4.69, 9.17) is 0 Å². The molecule has 3 nitrogen and oxygen atoms in total. The molecule has 1 amide bonds. The number of alkyl halides is 3. The van der Waals surface area contributed by atoms with Crippen LogP contribution in [0.3, 0.4) is 0 Å². The molecule has 0 fully saturated rings. The van der Waals surface area contributed by atoms with E-state index in [1.807, 2.05) is 0 Å². The number of benzene rings is 1. The first-order valence-electron chi connectivity index (χ1n) is 5.93. The zero-order valence-corrected chi connectivity index (χ0v) is 12.2. The van der Waals surface area contributed by atoms with Crippen molar-refractivity contribution in [3.05, 3.63) is 63.9 Å². The SMILES string of the molecule is O=C(NCc1ccccn1)c1ccc(Br)c(C(F)(F)F)c1. The van der Waals surface area contributed by atoms with Gasteiger partial charge in [0.05, 0.1) is 17.8 Å².